The van der Waals surface area contributed by atoms with Crippen molar-refractivity contribution in [3.8, 4) is 0 Å². The minimum Gasteiger partial charge on any atom is -0.333 e. The van der Waals surface area contributed by atoms with E-state index >= 15 is 0 Å². The molecule has 3 rings (SSSR count). The van der Waals surface area contributed by atoms with Crippen LogP contribution in [-0.4, -0.2) is 16.1 Å². The van der Waals surface area contributed by atoms with Gasteiger partial charge >= 0.3 is 0 Å². The molecule has 3 nitrogen and oxygen atoms in total. The molecule has 1 saturated carbocycles. The van der Waals surface area contributed by atoms with Gasteiger partial charge in [0.05, 0.1) is 12.0 Å². The fraction of sp³-hybridized carbons (Fsp3) is 0.800. The summed E-state index contributed by atoms with van der Waals surface area (Å²) in [6.07, 6.45) is 12.3. The van der Waals surface area contributed by atoms with E-state index in [0.717, 1.165) is 18.4 Å². The van der Waals surface area contributed by atoms with Gasteiger partial charge in [0.2, 0.25) is 0 Å². The molecule has 0 radical (unpaired) electrons. The third-order valence-electron chi connectivity index (χ3n) is 4.75. The van der Waals surface area contributed by atoms with Gasteiger partial charge in [-0.15, -0.1) is 0 Å². The zero-order chi connectivity index (χ0) is 12.4. The Kier molecular flexibility index (Phi) is 3.69. The average molecular weight is 247 g/mol. The molecule has 0 amide bonds. The van der Waals surface area contributed by atoms with Crippen molar-refractivity contribution in [3.63, 3.8) is 0 Å². The smallest absolute Gasteiger partial charge is 0.0948 e. The molecule has 1 aliphatic carbocycles. The van der Waals surface area contributed by atoms with Crippen LogP contribution in [0.15, 0.2) is 12.5 Å². The molecule has 3 heteroatoms. The first-order valence-electron chi connectivity index (χ1n) is 7.56. The number of rotatable bonds is 3. The monoisotopic (exact) mass is 247 g/mol. The minimum atomic E-state index is 0.551. The van der Waals surface area contributed by atoms with E-state index in [1.165, 1.54) is 50.8 Å². The van der Waals surface area contributed by atoms with E-state index in [-0.39, 0.29) is 0 Å². The van der Waals surface area contributed by atoms with Gasteiger partial charge in [0.1, 0.15) is 0 Å². The lowest BCUT2D eigenvalue weighted by atomic mass is 9.83. The van der Waals surface area contributed by atoms with E-state index in [1.807, 2.05) is 6.33 Å². The molecule has 1 N–H and O–H groups in total. The topological polar surface area (TPSA) is 29.9 Å². The molecule has 2 aliphatic rings. The van der Waals surface area contributed by atoms with Crippen molar-refractivity contribution in [2.24, 2.45) is 11.8 Å². The predicted octanol–water partition coefficient (Wildman–Crippen LogP) is 3.13. The van der Waals surface area contributed by atoms with Crippen LogP contribution >= 0.6 is 0 Å². The zero-order valence-electron chi connectivity index (χ0n) is 11.4. The van der Waals surface area contributed by atoms with Crippen LogP contribution in [0, 0.1) is 11.8 Å². The molecule has 100 valence electrons. The Morgan fingerprint density at radius 2 is 2.11 bits per heavy atom. The van der Waals surface area contributed by atoms with Gasteiger partial charge in [-0.05, 0) is 44.1 Å². The molecule has 1 atom stereocenters. The molecule has 0 spiro atoms. The van der Waals surface area contributed by atoms with Crippen molar-refractivity contribution in [3.05, 3.63) is 18.2 Å². The van der Waals surface area contributed by atoms with Gasteiger partial charge in [0, 0.05) is 18.8 Å². The number of hydrogen-bond acceptors (Lipinski definition) is 2. The summed E-state index contributed by atoms with van der Waals surface area (Å²) in [6, 6.07) is 0.551. The maximum atomic E-state index is 4.37. The lowest BCUT2D eigenvalue weighted by Gasteiger charge is -2.27. The lowest BCUT2D eigenvalue weighted by molar-refractivity contribution is 0.261. The largest absolute Gasteiger partial charge is 0.333 e. The van der Waals surface area contributed by atoms with Crippen LogP contribution in [0.1, 0.15) is 57.2 Å². The number of aromatic nitrogens is 2. The van der Waals surface area contributed by atoms with Crippen molar-refractivity contribution in [2.45, 2.75) is 58.0 Å². The SMILES string of the molecule is CC1CCC(Cn2cncc2C2CCCN2)CC1. The highest BCUT2D eigenvalue weighted by molar-refractivity contribution is 5.07. The fourth-order valence-electron chi connectivity index (χ4n) is 3.50. The molecule has 1 unspecified atom stereocenters. The van der Waals surface area contributed by atoms with Crippen LogP contribution in [-0.2, 0) is 6.54 Å². The van der Waals surface area contributed by atoms with Gasteiger partial charge in [-0.1, -0.05) is 19.8 Å². The third-order valence-corrected chi connectivity index (χ3v) is 4.75. The first-order chi connectivity index (χ1) is 8.83. The van der Waals surface area contributed by atoms with Gasteiger partial charge in [0.15, 0.2) is 0 Å². The Morgan fingerprint density at radius 3 is 2.83 bits per heavy atom. The second kappa shape index (κ2) is 5.43. The van der Waals surface area contributed by atoms with Crippen molar-refractivity contribution >= 4 is 0 Å². The quantitative estimate of drug-likeness (QED) is 0.889. The van der Waals surface area contributed by atoms with Crippen LogP contribution in [0.2, 0.25) is 0 Å². The third kappa shape index (κ3) is 2.61. The van der Waals surface area contributed by atoms with E-state index in [9.17, 15) is 0 Å². The summed E-state index contributed by atoms with van der Waals surface area (Å²) in [5.74, 6) is 1.82. The highest BCUT2D eigenvalue weighted by Crippen LogP contribution is 2.30. The second-order valence-electron chi connectivity index (χ2n) is 6.25. The van der Waals surface area contributed by atoms with Crippen molar-refractivity contribution in [1.82, 2.24) is 14.9 Å². The van der Waals surface area contributed by atoms with Gasteiger partial charge in [-0.3, -0.25) is 0 Å². The number of hydrogen-bond donors (Lipinski definition) is 1. The normalized spacial score (nSPS) is 32.8. The zero-order valence-corrected chi connectivity index (χ0v) is 11.4. The van der Waals surface area contributed by atoms with E-state index in [4.69, 9.17) is 0 Å². The van der Waals surface area contributed by atoms with Gasteiger partial charge in [-0.2, -0.15) is 0 Å². The van der Waals surface area contributed by atoms with Crippen molar-refractivity contribution in [1.29, 1.82) is 0 Å². The predicted molar refractivity (Wildman–Crippen MR) is 73.3 cm³/mol. The van der Waals surface area contributed by atoms with E-state index in [1.54, 1.807) is 0 Å². The Balaban J connectivity index is 1.64. The Bertz CT molecular complexity index is 371. The molecule has 1 aromatic rings. The average Bonchev–Trinajstić information content (AvgIpc) is 3.02. The van der Waals surface area contributed by atoms with Crippen LogP contribution in [0.3, 0.4) is 0 Å². The highest BCUT2D eigenvalue weighted by Gasteiger charge is 2.23. The molecule has 0 aromatic carbocycles. The first kappa shape index (κ1) is 12.2. The van der Waals surface area contributed by atoms with Gasteiger partial charge in [0.25, 0.3) is 0 Å². The minimum absolute atomic E-state index is 0.551. The molecule has 0 bridgehead atoms. The van der Waals surface area contributed by atoms with Crippen LogP contribution in [0.5, 0.6) is 0 Å². The van der Waals surface area contributed by atoms with Crippen molar-refractivity contribution in [2.75, 3.05) is 6.54 Å². The van der Waals surface area contributed by atoms with Gasteiger partial charge < -0.3 is 9.88 Å². The molecule has 2 fully saturated rings. The summed E-state index contributed by atoms with van der Waals surface area (Å²) in [7, 11) is 0. The molecule has 1 aliphatic heterocycles. The summed E-state index contributed by atoms with van der Waals surface area (Å²) in [6.45, 7) is 4.73. The van der Waals surface area contributed by atoms with E-state index < -0.39 is 0 Å². The van der Waals surface area contributed by atoms with Crippen LogP contribution < -0.4 is 5.32 Å². The first-order valence-corrected chi connectivity index (χ1v) is 7.56. The van der Waals surface area contributed by atoms with Crippen LogP contribution in [0.4, 0.5) is 0 Å². The van der Waals surface area contributed by atoms with Gasteiger partial charge in [-0.25, -0.2) is 4.98 Å². The summed E-state index contributed by atoms with van der Waals surface area (Å²) < 4.78 is 2.41. The molecular formula is C15H25N3. The summed E-state index contributed by atoms with van der Waals surface area (Å²) in [5.41, 5.74) is 1.41. The van der Waals surface area contributed by atoms with Crippen LogP contribution in [0.25, 0.3) is 0 Å². The second-order valence-corrected chi connectivity index (χ2v) is 6.25. The van der Waals surface area contributed by atoms with E-state index in [0.29, 0.717) is 6.04 Å². The Labute approximate surface area is 110 Å². The lowest BCUT2D eigenvalue weighted by Crippen LogP contribution is -2.21. The highest BCUT2D eigenvalue weighted by atomic mass is 15.1. The molecular weight excluding hydrogens is 222 g/mol. The number of nitrogens with zero attached hydrogens (tertiary/aromatic N) is 2. The summed E-state index contributed by atoms with van der Waals surface area (Å²) in [4.78, 5) is 4.37. The summed E-state index contributed by atoms with van der Waals surface area (Å²) >= 11 is 0. The Morgan fingerprint density at radius 1 is 1.28 bits per heavy atom. The fourth-order valence-corrected chi connectivity index (χ4v) is 3.50. The maximum Gasteiger partial charge on any atom is 0.0948 e. The summed E-state index contributed by atoms with van der Waals surface area (Å²) in [5, 5.41) is 3.58. The molecule has 18 heavy (non-hydrogen) atoms. The van der Waals surface area contributed by atoms with Crippen molar-refractivity contribution < 1.29 is 0 Å². The molecule has 2 heterocycles. The standard InChI is InChI=1S/C15H25N3/c1-12-4-6-13(7-5-12)10-18-11-16-9-15(18)14-3-2-8-17-14/h9,11-14,17H,2-8,10H2,1H3. The number of imidazole rings is 1. The molecule has 1 saturated heterocycles. The Hall–Kier alpha value is -0.830. The maximum absolute atomic E-state index is 4.37. The number of nitrogens with one attached hydrogen (secondary N) is 1. The molecule has 1 aromatic heterocycles. The van der Waals surface area contributed by atoms with E-state index in [2.05, 4.69) is 28.0 Å².